The molecule has 9 heteroatoms. The Bertz CT molecular complexity index is 1230. The minimum atomic E-state index is -0.685. The second-order valence-electron chi connectivity index (χ2n) is 8.66. The summed E-state index contributed by atoms with van der Waals surface area (Å²) in [7, 11) is 1.78. The molecular formula is C25H31FN8. The maximum Gasteiger partial charge on any atom is 0.219 e. The molecule has 2 heterocycles. The lowest BCUT2D eigenvalue weighted by Gasteiger charge is -2.32. The topological polar surface area (TPSA) is 107 Å². The van der Waals surface area contributed by atoms with Crippen molar-refractivity contribution >= 4 is 11.6 Å². The number of rotatable bonds is 10. The predicted octanol–water partition coefficient (Wildman–Crippen LogP) is 3.82. The third-order valence-electron chi connectivity index (χ3n) is 6.23. The fourth-order valence-corrected chi connectivity index (χ4v) is 3.92. The largest absolute Gasteiger partial charge is 0.385 e. The van der Waals surface area contributed by atoms with Crippen LogP contribution in [0.15, 0.2) is 49.2 Å². The van der Waals surface area contributed by atoms with Gasteiger partial charge in [-0.1, -0.05) is 37.8 Å². The lowest BCUT2D eigenvalue weighted by molar-refractivity contribution is 0.574. The third-order valence-corrected chi connectivity index (χ3v) is 6.23. The van der Waals surface area contributed by atoms with Crippen molar-refractivity contribution in [2.45, 2.75) is 51.1 Å². The van der Waals surface area contributed by atoms with Crippen LogP contribution in [0.1, 0.15) is 43.6 Å². The summed E-state index contributed by atoms with van der Waals surface area (Å²) < 4.78 is 15.9. The van der Waals surface area contributed by atoms with E-state index in [0.717, 1.165) is 18.5 Å². The van der Waals surface area contributed by atoms with E-state index in [0.29, 0.717) is 52.7 Å². The fourth-order valence-electron chi connectivity index (χ4n) is 3.92. The van der Waals surface area contributed by atoms with Gasteiger partial charge in [-0.3, -0.25) is 0 Å². The molecule has 2 aromatic heterocycles. The molecule has 0 bridgehead atoms. The molecule has 0 radical (unpaired) electrons. The minimum absolute atomic E-state index is 0.260. The zero-order valence-corrected chi connectivity index (χ0v) is 19.9. The van der Waals surface area contributed by atoms with Crippen molar-refractivity contribution in [1.82, 2.24) is 30.0 Å². The predicted molar refractivity (Wildman–Crippen MR) is 133 cm³/mol. The minimum Gasteiger partial charge on any atom is -0.385 e. The number of hydrogen-bond acceptors (Lipinski definition) is 7. The van der Waals surface area contributed by atoms with E-state index in [1.807, 2.05) is 13.8 Å². The van der Waals surface area contributed by atoms with Gasteiger partial charge in [0.1, 0.15) is 23.3 Å². The summed E-state index contributed by atoms with van der Waals surface area (Å²) in [5.41, 5.74) is 7.81. The Balaban J connectivity index is 1.73. The Labute approximate surface area is 199 Å². The van der Waals surface area contributed by atoms with Gasteiger partial charge in [-0.05, 0) is 25.8 Å². The fraction of sp³-hybridized carbons (Fsp3) is 0.360. The number of nitrogen functional groups attached to an aromatic ring is 1. The van der Waals surface area contributed by atoms with Gasteiger partial charge in [0.2, 0.25) is 11.6 Å². The number of aromatic nitrogens is 5. The molecule has 1 unspecified atom stereocenters. The average Bonchev–Trinajstić information content (AvgIpc) is 3.55. The third kappa shape index (κ3) is 4.37. The van der Waals surface area contributed by atoms with Gasteiger partial charge < -0.3 is 16.4 Å². The van der Waals surface area contributed by atoms with E-state index < -0.39 is 5.41 Å². The van der Waals surface area contributed by atoms with E-state index >= 15 is 0 Å². The highest BCUT2D eigenvalue weighted by atomic mass is 19.1. The van der Waals surface area contributed by atoms with Gasteiger partial charge in [0, 0.05) is 30.8 Å². The van der Waals surface area contributed by atoms with E-state index in [4.69, 9.17) is 10.7 Å². The number of nitrogens with one attached hydrogen (secondary N) is 2. The molecule has 8 nitrogen and oxygen atoms in total. The van der Waals surface area contributed by atoms with Crippen LogP contribution >= 0.6 is 0 Å². The van der Waals surface area contributed by atoms with Crippen LogP contribution in [-0.4, -0.2) is 37.8 Å². The number of nitrogens with zero attached hydrogens (tertiary/aromatic N) is 5. The number of benzene rings is 1. The summed E-state index contributed by atoms with van der Waals surface area (Å²) >= 11 is 0. The van der Waals surface area contributed by atoms with Crippen molar-refractivity contribution in [3.63, 3.8) is 0 Å². The van der Waals surface area contributed by atoms with Crippen molar-refractivity contribution < 1.29 is 4.39 Å². The van der Waals surface area contributed by atoms with Crippen LogP contribution in [0.2, 0.25) is 0 Å². The molecule has 1 fully saturated rings. The summed E-state index contributed by atoms with van der Waals surface area (Å²) in [5, 5.41) is 11.2. The zero-order valence-electron chi connectivity index (χ0n) is 19.9. The van der Waals surface area contributed by atoms with Gasteiger partial charge in [0.25, 0.3) is 0 Å². The van der Waals surface area contributed by atoms with Crippen LogP contribution in [0.3, 0.4) is 0 Å². The molecule has 1 atom stereocenters. The van der Waals surface area contributed by atoms with Gasteiger partial charge in [-0.15, -0.1) is 11.7 Å². The Morgan fingerprint density at radius 1 is 1.26 bits per heavy atom. The molecule has 0 saturated heterocycles. The van der Waals surface area contributed by atoms with Crippen LogP contribution in [0.25, 0.3) is 11.6 Å². The van der Waals surface area contributed by atoms with E-state index in [-0.39, 0.29) is 12.4 Å². The molecule has 0 amide bonds. The molecule has 0 spiro atoms. The first-order chi connectivity index (χ1) is 16.3. The first-order valence-electron chi connectivity index (χ1n) is 11.4. The normalized spacial score (nSPS) is 14.9. The summed E-state index contributed by atoms with van der Waals surface area (Å²) in [6, 6.07) is 7.06. The number of aryl methyl sites for hydroxylation is 1. The summed E-state index contributed by atoms with van der Waals surface area (Å²) in [4.78, 5) is 13.9. The highest BCUT2D eigenvalue weighted by Crippen LogP contribution is 2.40. The standard InChI is InChI=1S/C25H31FN8/c1-6-19-30-24(33-34(19)14-16-10-8-9-11-18(16)26)23-31-21(27)20(22(28-5)32-23)25(4,7-2)15(3)29-17-12-13-17/h7-11,17,29H,2-3,6,12-14H2,1,4-5H3,(H3,27,28,31,32). The van der Waals surface area contributed by atoms with Gasteiger partial charge in [-0.25, -0.2) is 24.0 Å². The second kappa shape index (κ2) is 9.24. The Morgan fingerprint density at radius 3 is 2.62 bits per heavy atom. The number of anilines is 2. The van der Waals surface area contributed by atoms with Gasteiger partial charge in [0.15, 0.2) is 0 Å². The molecule has 1 saturated carbocycles. The smallest absolute Gasteiger partial charge is 0.219 e. The summed E-state index contributed by atoms with van der Waals surface area (Å²) in [6.07, 6.45) is 4.67. The second-order valence-corrected chi connectivity index (χ2v) is 8.66. The van der Waals surface area contributed by atoms with Gasteiger partial charge in [0.05, 0.1) is 17.5 Å². The lowest BCUT2D eigenvalue weighted by atomic mass is 9.79. The van der Waals surface area contributed by atoms with Crippen molar-refractivity contribution in [2.24, 2.45) is 0 Å². The van der Waals surface area contributed by atoms with Gasteiger partial charge in [-0.2, -0.15) is 0 Å². The van der Waals surface area contributed by atoms with Crippen LogP contribution in [-0.2, 0) is 18.4 Å². The lowest BCUT2D eigenvalue weighted by Crippen LogP contribution is -2.34. The molecule has 34 heavy (non-hydrogen) atoms. The van der Waals surface area contributed by atoms with Crippen molar-refractivity contribution in [2.75, 3.05) is 18.1 Å². The molecule has 0 aliphatic heterocycles. The Morgan fingerprint density at radius 2 is 2.00 bits per heavy atom. The zero-order chi connectivity index (χ0) is 24.5. The average molecular weight is 463 g/mol. The molecule has 4 rings (SSSR count). The quantitative estimate of drug-likeness (QED) is 0.393. The van der Waals surface area contributed by atoms with Crippen LogP contribution < -0.4 is 16.4 Å². The van der Waals surface area contributed by atoms with Crippen LogP contribution in [0.4, 0.5) is 16.0 Å². The number of allylic oxidation sites excluding steroid dienone is 1. The molecule has 1 aliphatic carbocycles. The maximum atomic E-state index is 14.2. The van der Waals surface area contributed by atoms with E-state index in [1.54, 1.807) is 36.0 Å². The first kappa shape index (κ1) is 23.4. The van der Waals surface area contributed by atoms with Crippen LogP contribution in [0, 0.1) is 5.82 Å². The molecule has 178 valence electrons. The van der Waals surface area contributed by atoms with Gasteiger partial charge >= 0.3 is 0 Å². The molecule has 1 aliphatic rings. The van der Waals surface area contributed by atoms with Crippen molar-refractivity contribution in [3.8, 4) is 11.6 Å². The summed E-state index contributed by atoms with van der Waals surface area (Å²) in [5.74, 6) is 1.88. The number of nitrogens with two attached hydrogens (primary N) is 1. The number of halogens is 1. The van der Waals surface area contributed by atoms with Crippen molar-refractivity contribution in [3.05, 3.63) is 72.0 Å². The molecule has 4 N–H and O–H groups in total. The maximum absolute atomic E-state index is 14.2. The highest BCUT2D eigenvalue weighted by Gasteiger charge is 2.36. The van der Waals surface area contributed by atoms with E-state index in [9.17, 15) is 4.39 Å². The SMILES string of the molecule is C=CC(C)(C(=C)NC1CC1)c1c(N)nc(-c2nc(CC)n(Cc3ccccc3F)n2)nc1NC. The first-order valence-corrected chi connectivity index (χ1v) is 11.4. The molecule has 1 aromatic carbocycles. The monoisotopic (exact) mass is 462 g/mol. The Kier molecular flexibility index (Phi) is 6.37. The Hall–Kier alpha value is -3.75. The highest BCUT2D eigenvalue weighted by molar-refractivity contribution is 5.67. The molecular weight excluding hydrogens is 431 g/mol. The molecule has 3 aromatic rings. The van der Waals surface area contributed by atoms with E-state index in [2.05, 4.69) is 38.9 Å². The van der Waals surface area contributed by atoms with Crippen LogP contribution in [0.5, 0.6) is 0 Å². The van der Waals surface area contributed by atoms with E-state index in [1.165, 1.54) is 6.07 Å². The summed E-state index contributed by atoms with van der Waals surface area (Å²) in [6.45, 7) is 12.5. The van der Waals surface area contributed by atoms with Crippen molar-refractivity contribution in [1.29, 1.82) is 0 Å². The number of hydrogen-bond donors (Lipinski definition) is 3.